The summed E-state index contributed by atoms with van der Waals surface area (Å²) in [5.41, 5.74) is 1.66. The molecule has 1 heterocycles. The van der Waals surface area contributed by atoms with E-state index in [1.54, 1.807) is 19.4 Å². The van der Waals surface area contributed by atoms with E-state index >= 15 is 0 Å². The van der Waals surface area contributed by atoms with E-state index < -0.39 is 5.97 Å². The highest BCUT2D eigenvalue weighted by Crippen LogP contribution is 2.29. The van der Waals surface area contributed by atoms with E-state index in [2.05, 4.69) is 4.98 Å². The SMILES string of the molecule is COCCOc1ccccc1-c1cncc(C(=O)O)c1. The van der Waals surface area contributed by atoms with Crippen molar-refractivity contribution in [3.05, 3.63) is 48.3 Å². The van der Waals surface area contributed by atoms with Crippen molar-refractivity contribution < 1.29 is 19.4 Å². The molecule has 0 spiro atoms. The van der Waals surface area contributed by atoms with Crippen LogP contribution in [-0.2, 0) is 4.74 Å². The second-order valence-electron chi connectivity index (χ2n) is 4.10. The van der Waals surface area contributed by atoms with Crippen LogP contribution in [0.3, 0.4) is 0 Å². The molecule has 20 heavy (non-hydrogen) atoms. The van der Waals surface area contributed by atoms with Gasteiger partial charge in [-0.1, -0.05) is 18.2 Å². The number of aromatic nitrogens is 1. The van der Waals surface area contributed by atoms with Crippen molar-refractivity contribution in [3.63, 3.8) is 0 Å². The molecule has 0 unspecified atom stereocenters. The van der Waals surface area contributed by atoms with Crippen LogP contribution in [0, 0.1) is 0 Å². The molecule has 1 N–H and O–H groups in total. The zero-order chi connectivity index (χ0) is 14.4. The second kappa shape index (κ2) is 6.68. The summed E-state index contributed by atoms with van der Waals surface area (Å²) in [6, 6.07) is 9.00. The van der Waals surface area contributed by atoms with E-state index in [0.29, 0.717) is 24.5 Å². The molecule has 0 radical (unpaired) electrons. The van der Waals surface area contributed by atoms with Gasteiger partial charge in [0.15, 0.2) is 0 Å². The van der Waals surface area contributed by atoms with Crippen LogP contribution >= 0.6 is 0 Å². The number of nitrogens with zero attached hydrogens (tertiary/aromatic N) is 1. The molecule has 0 bridgehead atoms. The van der Waals surface area contributed by atoms with Crippen LogP contribution in [0.2, 0.25) is 0 Å². The van der Waals surface area contributed by atoms with Gasteiger partial charge in [0.05, 0.1) is 12.2 Å². The highest BCUT2D eigenvalue weighted by Gasteiger charge is 2.09. The van der Waals surface area contributed by atoms with Crippen molar-refractivity contribution in [3.8, 4) is 16.9 Å². The molecule has 0 aliphatic carbocycles. The van der Waals surface area contributed by atoms with Gasteiger partial charge in [-0.05, 0) is 12.1 Å². The molecule has 2 aromatic rings. The fraction of sp³-hybridized carbons (Fsp3) is 0.200. The smallest absolute Gasteiger partial charge is 0.337 e. The van der Waals surface area contributed by atoms with Gasteiger partial charge < -0.3 is 14.6 Å². The standard InChI is InChI=1S/C15H15NO4/c1-19-6-7-20-14-5-3-2-4-13(14)11-8-12(15(17)18)10-16-9-11/h2-5,8-10H,6-7H2,1H3,(H,17,18). The molecular weight excluding hydrogens is 258 g/mol. The zero-order valence-corrected chi connectivity index (χ0v) is 11.1. The number of carboxylic acids is 1. The van der Waals surface area contributed by atoms with Gasteiger partial charge in [-0.15, -0.1) is 0 Å². The van der Waals surface area contributed by atoms with Crippen molar-refractivity contribution in [2.45, 2.75) is 0 Å². The number of carbonyl (C=O) groups is 1. The lowest BCUT2D eigenvalue weighted by Crippen LogP contribution is -2.05. The lowest BCUT2D eigenvalue weighted by Gasteiger charge is -2.11. The molecule has 0 atom stereocenters. The van der Waals surface area contributed by atoms with Gasteiger partial charge in [-0.25, -0.2) is 4.79 Å². The summed E-state index contributed by atoms with van der Waals surface area (Å²) in [6.45, 7) is 0.918. The summed E-state index contributed by atoms with van der Waals surface area (Å²) >= 11 is 0. The third kappa shape index (κ3) is 3.33. The van der Waals surface area contributed by atoms with E-state index in [4.69, 9.17) is 14.6 Å². The third-order valence-electron chi connectivity index (χ3n) is 2.73. The molecule has 2 rings (SSSR count). The topological polar surface area (TPSA) is 68.7 Å². The van der Waals surface area contributed by atoms with Gasteiger partial charge in [0, 0.05) is 30.6 Å². The predicted octanol–water partition coefficient (Wildman–Crippen LogP) is 2.47. The average Bonchev–Trinajstić information content (AvgIpc) is 2.48. The molecule has 0 amide bonds. The number of hydrogen-bond acceptors (Lipinski definition) is 4. The minimum absolute atomic E-state index is 0.147. The highest BCUT2D eigenvalue weighted by molar-refractivity contribution is 5.89. The molecule has 0 fully saturated rings. The Hall–Kier alpha value is -2.40. The van der Waals surface area contributed by atoms with E-state index in [-0.39, 0.29) is 5.56 Å². The number of hydrogen-bond donors (Lipinski definition) is 1. The van der Waals surface area contributed by atoms with Crippen LogP contribution in [0.25, 0.3) is 11.1 Å². The first-order valence-electron chi connectivity index (χ1n) is 6.12. The van der Waals surface area contributed by atoms with Crippen LogP contribution < -0.4 is 4.74 Å². The number of para-hydroxylation sites is 1. The maximum atomic E-state index is 11.0. The van der Waals surface area contributed by atoms with Crippen LogP contribution in [0.15, 0.2) is 42.7 Å². The van der Waals surface area contributed by atoms with Crippen LogP contribution in [-0.4, -0.2) is 36.4 Å². The molecule has 5 heteroatoms. The molecule has 0 aliphatic heterocycles. The molecule has 0 aliphatic rings. The van der Waals surface area contributed by atoms with Gasteiger partial charge in [-0.3, -0.25) is 4.98 Å². The monoisotopic (exact) mass is 273 g/mol. The normalized spacial score (nSPS) is 10.2. The number of benzene rings is 1. The first kappa shape index (κ1) is 14.0. The lowest BCUT2D eigenvalue weighted by atomic mass is 10.1. The van der Waals surface area contributed by atoms with E-state index in [1.165, 1.54) is 6.20 Å². The largest absolute Gasteiger partial charge is 0.491 e. The summed E-state index contributed by atoms with van der Waals surface area (Å²) in [4.78, 5) is 15.0. The Morgan fingerprint density at radius 3 is 2.80 bits per heavy atom. The highest BCUT2D eigenvalue weighted by atomic mass is 16.5. The molecule has 0 saturated carbocycles. The van der Waals surface area contributed by atoms with Crippen molar-refractivity contribution >= 4 is 5.97 Å². The number of aromatic carboxylic acids is 1. The maximum Gasteiger partial charge on any atom is 0.337 e. The van der Waals surface area contributed by atoms with Crippen molar-refractivity contribution in [1.29, 1.82) is 0 Å². The van der Waals surface area contributed by atoms with Crippen LogP contribution in [0.5, 0.6) is 5.75 Å². The molecule has 5 nitrogen and oxygen atoms in total. The van der Waals surface area contributed by atoms with Crippen LogP contribution in [0.1, 0.15) is 10.4 Å². The number of methoxy groups -OCH3 is 1. The lowest BCUT2D eigenvalue weighted by molar-refractivity contribution is 0.0696. The summed E-state index contributed by atoms with van der Waals surface area (Å²) in [7, 11) is 1.61. The number of rotatable bonds is 6. The first-order valence-corrected chi connectivity index (χ1v) is 6.12. The van der Waals surface area contributed by atoms with Crippen molar-refractivity contribution in [1.82, 2.24) is 4.98 Å². The third-order valence-corrected chi connectivity index (χ3v) is 2.73. The van der Waals surface area contributed by atoms with E-state index in [9.17, 15) is 4.79 Å². The van der Waals surface area contributed by atoms with Crippen molar-refractivity contribution in [2.75, 3.05) is 20.3 Å². The Morgan fingerprint density at radius 1 is 1.25 bits per heavy atom. The number of ether oxygens (including phenoxy) is 2. The molecule has 1 aromatic heterocycles. The fourth-order valence-electron chi connectivity index (χ4n) is 1.77. The van der Waals surface area contributed by atoms with Gasteiger partial charge in [0.2, 0.25) is 0 Å². The van der Waals surface area contributed by atoms with Gasteiger partial charge in [-0.2, -0.15) is 0 Å². The minimum atomic E-state index is -1.00. The number of carboxylic acid groups (broad SMARTS) is 1. The van der Waals surface area contributed by atoms with Crippen LogP contribution in [0.4, 0.5) is 0 Å². The Morgan fingerprint density at radius 2 is 2.05 bits per heavy atom. The molecular formula is C15H15NO4. The molecule has 0 saturated heterocycles. The second-order valence-corrected chi connectivity index (χ2v) is 4.10. The molecule has 1 aromatic carbocycles. The van der Waals surface area contributed by atoms with E-state index in [0.717, 1.165) is 5.56 Å². The summed E-state index contributed by atoms with van der Waals surface area (Å²) in [5.74, 6) is -0.328. The van der Waals surface area contributed by atoms with Crippen molar-refractivity contribution in [2.24, 2.45) is 0 Å². The predicted molar refractivity (Wildman–Crippen MR) is 74.0 cm³/mol. The van der Waals surface area contributed by atoms with Gasteiger partial charge >= 0.3 is 5.97 Å². The van der Waals surface area contributed by atoms with E-state index in [1.807, 2.05) is 24.3 Å². The summed E-state index contributed by atoms with van der Waals surface area (Å²) in [6.07, 6.45) is 2.94. The average molecular weight is 273 g/mol. The van der Waals surface area contributed by atoms with Gasteiger partial charge in [0.25, 0.3) is 0 Å². The summed E-state index contributed by atoms with van der Waals surface area (Å²) in [5, 5.41) is 9.01. The number of pyridine rings is 1. The quantitative estimate of drug-likeness (QED) is 0.819. The Labute approximate surface area is 116 Å². The minimum Gasteiger partial charge on any atom is -0.491 e. The zero-order valence-electron chi connectivity index (χ0n) is 11.1. The Balaban J connectivity index is 2.32. The summed E-state index contributed by atoms with van der Waals surface area (Å²) < 4.78 is 10.6. The fourth-order valence-corrected chi connectivity index (χ4v) is 1.77. The first-order chi connectivity index (χ1) is 9.72. The Bertz CT molecular complexity index is 598. The Kier molecular flexibility index (Phi) is 4.68. The van der Waals surface area contributed by atoms with Gasteiger partial charge in [0.1, 0.15) is 12.4 Å². The maximum absolute atomic E-state index is 11.0. The molecule has 104 valence electrons.